The van der Waals surface area contributed by atoms with Crippen molar-refractivity contribution < 1.29 is 0 Å². The molecule has 0 aliphatic carbocycles. The standard InChI is InChI=1S/C9H12BrN3/c10-7-5-9(11)12-6-8(7)13-3-1-2-4-13/h5-6H,1-4H2,(H2,11,12). The number of nitrogens with zero attached hydrogens (tertiary/aromatic N) is 2. The van der Waals surface area contributed by atoms with E-state index in [0.29, 0.717) is 5.82 Å². The molecule has 0 amide bonds. The van der Waals surface area contributed by atoms with Gasteiger partial charge in [0, 0.05) is 17.6 Å². The highest BCUT2D eigenvalue weighted by atomic mass is 79.9. The second-order valence-electron chi connectivity index (χ2n) is 3.25. The van der Waals surface area contributed by atoms with Gasteiger partial charge in [0.2, 0.25) is 0 Å². The Kier molecular flexibility index (Phi) is 2.40. The van der Waals surface area contributed by atoms with Gasteiger partial charge in [0.25, 0.3) is 0 Å². The van der Waals surface area contributed by atoms with Crippen molar-refractivity contribution in [3.8, 4) is 0 Å². The predicted octanol–water partition coefficient (Wildman–Crippen LogP) is 2.03. The smallest absolute Gasteiger partial charge is 0.124 e. The fourth-order valence-corrected chi connectivity index (χ4v) is 2.22. The van der Waals surface area contributed by atoms with Gasteiger partial charge >= 0.3 is 0 Å². The number of nitrogen functional groups attached to an aromatic ring is 1. The summed E-state index contributed by atoms with van der Waals surface area (Å²) in [5, 5.41) is 0. The molecule has 2 rings (SSSR count). The Labute approximate surface area is 86.1 Å². The van der Waals surface area contributed by atoms with Gasteiger partial charge in [0.1, 0.15) is 5.82 Å². The minimum atomic E-state index is 0.565. The van der Waals surface area contributed by atoms with E-state index in [1.165, 1.54) is 12.8 Å². The zero-order valence-electron chi connectivity index (χ0n) is 7.33. The molecule has 13 heavy (non-hydrogen) atoms. The van der Waals surface area contributed by atoms with Gasteiger partial charge < -0.3 is 10.6 Å². The van der Waals surface area contributed by atoms with Crippen LogP contribution in [0.4, 0.5) is 11.5 Å². The van der Waals surface area contributed by atoms with Gasteiger partial charge in [0.05, 0.1) is 11.9 Å². The lowest BCUT2D eigenvalue weighted by atomic mass is 10.3. The summed E-state index contributed by atoms with van der Waals surface area (Å²) < 4.78 is 1.04. The zero-order valence-corrected chi connectivity index (χ0v) is 8.92. The van der Waals surface area contributed by atoms with E-state index in [0.717, 1.165) is 23.2 Å². The molecule has 0 unspecified atom stereocenters. The monoisotopic (exact) mass is 241 g/mol. The van der Waals surface area contributed by atoms with Crippen LogP contribution in [-0.2, 0) is 0 Å². The highest BCUT2D eigenvalue weighted by molar-refractivity contribution is 9.10. The lowest BCUT2D eigenvalue weighted by molar-refractivity contribution is 0.949. The van der Waals surface area contributed by atoms with Crippen LogP contribution in [0.3, 0.4) is 0 Å². The Bertz CT molecular complexity index is 308. The van der Waals surface area contributed by atoms with Crippen LogP contribution in [0.15, 0.2) is 16.7 Å². The average molecular weight is 242 g/mol. The maximum absolute atomic E-state index is 5.57. The summed E-state index contributed by atoms with van der Waals surface area (Å²) in [5.74, 6) is 0.565. The van der Waals surface area contributed by atoms with Gasteiger partial charge in [-0.1, -0.05) is 0 Å². The quantitative estimate of drug-likeness (QED) is 0.819. The number of halogens is 1. The first-order valence-electron chi connectivity index (χ1n) is 4.43. The summed E-state index contributed by atoms with van der Waals surface area (Å²) in [4.78, 5) is 6.42. The summed E-state index contributed by atoms with van der Waals surface area (Å²) in [6, 6.07) is 1.85. The van der Waals surface area contributed by atoms with Crippen molar-refractivity contribution in [1.82, 2.24) is 4.98 Å². The summed E-state index contributed by atoms with van der Waals surface area (Å²) in [7, 11) is 0. The highest BCUT2D eigenvalue weighted by Crippen LogP contribution is 2.29. The van der Waals surface area contributed by atoms with Crippen molar-refractivity contribution in [2.75, 3.05) is 23.7 Å². The zero-order chi connectivity index (χ0) is 9.26. The fraction of sp³-hybridized carbons (Fsp3) is 0.444. The van der Waals surface area contributed by atoms with Crippen molar-refractivity contribution >= 4 is 27.4 Å². The SMILES string of the molecule is Nc1cc(Br)c(N2CCCC2)cn1. The van der Waals surface area contributed by atoms with Crippen molar-refractivity contribution in [3.05, 3.63) is 16.7 Å². The molecule has 1 aliphatic rings. The van der Waals surface area contributed by atoms with Gasteiger partial charge in [-0.3, -0.25) is 0 Å². The van der Waals surface area contributed by atoms with Crippen molar-refractivity contribution in [3.63, 3.8) is 0 Å². The molecular formula is C9H12BrN3. The molecular weight excluding hydrogens is 230 g/mol. The number of nitrogens with two attached hydrogens (primary N) is 1. The molecule has 1 aromatic heterocycles. The van der Waals surface area contributed by atoms with Gasteiger partial charge in [-0.25, -0.2) is 4.98 Å². The molecule has 0 atom stereocenters. The van der Waals surface area contributed by atoms with E-state index in [2.05, 4.69) is 25.8 Å². The van der Waals surface area contributed by atoms with Crippen LogP contribution in [0.1, 0.15) is 12.8 Å². The minimum absolute atomic E-state index is 0.565. The first kappa shape index (κ1) is 8.81. The van der Waals surface area contributed by atoms with Crippen LogP contribution in [0, 0.1) is 0 Å². The molecule has 1 saturated heterocycles. The van der Waals surface area contributed by atoms with Crippen molar-refractivity contribution in [2.45, 2.75) is 12.8 Å². The topological polar surface area (TPSA) is 42.1 Å². The Hall–Kier alpha value is -0.770. The van der Waals surface area contributed by atoms with Gasteiger partial charge in [-0.2, -0.15) is 0 Å². The molecule has 2 N–H and O–H groups in total. The Balaban J connectivity index is 2.29. The molecule has 0 radical (unpaired) electrons. The Morgan fingerprint density at radius 1 is 1.38 bits per heavy atom. The lowest BCUT2D eigenvalue weighted by Crippen LogP contribution is -2.18. The predicted molar refractivity (Wildman–Crippen MR) is 57.8 cm³/mol. The Morgan fingerprint density at radius 3 is 2.69 bits per heavy atom. The van der Waals surface area contributed by atoms with E-state index in [9.17, 15) is 0 Å². The van der Waals surface area contributed by atoms with E-state index >= 15 is 0 Å². The molecule has 3 nitrogen and oxygen atoms in total. The third-order valence-corrected chi connectivity index (χ3v) is 2.94. The molecule has 0 bridgehead atoms. The lowest BCUT2D eigenvalue weighted by Gasteiger charge is -2.18. The average Bonchev–Trinajstić information content (AvgIpc) is 2.56. The third-order valence-electron chi connectivity index (χ3n) is 2.30. The second-order valence-corrected chi connectivity index (χ2v) is 4.11. The van der Waals surface area contributed by atoms with Crippen molar-refractivity contribution in [1.29, 1.82) is 0 Å². The second kappa shape index (κ2) is 3.54. The van der Waals surface area contributed by atoms with E-state index in [4.69, 9.17) is 5.73 Å². The van der Waals surface area contributed by atoms with Crippen LogP contribution < -0.4 is 10.6 Å². The first-order valence-corrected chi connectivity index (χ1v) is 5.22. The maximum Gasteiger partial charge on any atom is 0.124 e. The van der Waals surface area contributed by atoms with Gasteiger partial charge in [0.15, 0.2) is 0 Å². The summed E-state index contributed by atoms with van der Waals surface area (Å²) in [6.45, 7) is 2.26. The minimum Gasteiger partial charge on any atom is -0.384 e. The number of hydrogen-bond acceptors (Lipinski definition) is 3. The number of aromatic nitrogens is 1. The molecule has 0 saturated carbocycles. The number of anilines is 2. The van der Waals surface area contributed by atoms with Gasteiger partial charge in [-0.05, 0) is 34.8 Å². The molecule has 1 aromatic rings. The summed E-state index contributed by atoms with van der Waals surface area (Å²) in [6.07, 6.45) is 4.39. The van der Waals surface area contributed by atoms with Crippen LogP contribution in [-0.4, -0.2) is 18.1 Å². The Morgan fingerprint density at radius 2 is 2.08 bits per heavy atom. The number of rotatable bonds is 1. The van der Waals surface area contributed by atoms with Crippen LogP contribution >= 0.6 is 15.9 Å². The summed E-state index contributed by atoms with van der Waals surface area (Å²) in [5.41, 5.74) is 6.73. The normalized spacial score (nSPS) is 16.5. The molecule has 1 fully saturated rings. The van der Waals surface area contributed by atoms with E-state index < -0.39 is 0 Å². The third kappa shape index (κ3) is 1.77. The van der Waals surface area contributed by atoms with E-state index in [1.54, 1.807) is 0 Å². The van der Waals surface area contributed by atoms with Gasteiger partial charge in [-0.15, -0.1) is 0 Å². The first-order chi connectivity index (χ1) is 6.27. The molecule has 1 aliphatic heterocycles. The molecule has 2 heterocycles. The van der Waals surface area contributed by atoms with Crippen LogP contribution in [0.2, 0.25) is 0 Å². The molecule has 0 spiro atoms. The molecule has 0 aromatic carbocycles. The fourth-order valence-electron chi connectivity index (χ4n) is 1.63. The summed E-state index contributed by atoms with van der Waals surface area (Å²) >= 11 is 3.50. The maximum atomic E-state index is 5.57. The molecule has 70 valence electrons. The molecule has 4 heteroatoms. The van der Waals surface area contributed by atoms with Crippen LogP contribution in [0.25, 0.3) is 0 Å². The van der Waals surface area contributed by atoms with Crippen LogP contribution in [0.5, 0.6) is 0 Å². The largest absolute Gasteiger partial charge is 0.384 e. The van der Waals surface area contributed by atoms with E-state index in [-0.39, 0.29) is 0 Å². The van der Waals surface area contributed by atoms with Crippen molar-refractivity contribution in [2.24, 2.45) is 0 Å². The highest BCUT2D eigenvalue weighted by Gasteiger charge is 2.14. The van der Waals surface area contributed by atoms with E-state index in [1.807, 2.05) is 12.3 Å². The number of pyridine rings is 1. The number of hydrogen-bond donors (Lipinski definition) is 1.